The molecule has 0 fully saturated rings. The van der Waals surface area contributed by atoms with Crippen LogP contribution in [-0.2, 0) is 23.7 Å². The van der Waals surface area contributed by atoms with Gasteiger partial charge in [-0.05, 0) is 95.4 Å². The number of phenolic OH excluding ortho intramolecular Hbond substituents is 1. The summed E-state index contributed by atoms with van der Waals surface area (Å²) in [6.45, 7) is 22.5. The third-order valence-electron chi connectivity index (χ3n) is 9.74. The Hall–Kier alpha value is -1.76. The number of benzene rings is 2. The molecule has 0 aromatic heterocycles. The average molecular weight is 591 g/mol. The molecule has 0 aliphatic heterocycles. The molecule has 0 unspecified atom stereocenters. The van der Waals surface area contributed by atoms with Gasteiger partial charge in [-0.1, -0.05) is 163 Å². The van der Waals surface area contributed by atoms with Crippen molar-refractivity contribution >= 4 is 0 Å². The van der Waals surface area contributed by atoms with E-state index in [0.717, 1.165) is 17.5 Å². The van der Waals surface area contributed by atoms with Crippen molar-refractivity contribution in [1.82, 2.24) is 0 Å². The first-order valence-electron chi connectivity index (χ1n) is 18.2. The Kier molecular flexibility index (Phi) is 15.9. The van der Waals surface area contributed by atoms with E-state index in [-0.39, 0.29) is 10.8 Å². The van der Waals surface area contributed by atoms with Crippen molar-refractivity contribution in [2.75, 3.05) is 0 Å². The number of rotatable bonds is 19. The highest BCUT2D eigenvalue weighted by Crippen LogP contribution is 2.40. The molecule has 43 heavy (non-hydrogen) atoms. The Morgan fingerprint density at radius 2 is 0.884 bits per heavy atom. The molecule has 0 saturated carbocycles. The van der Waals surface area contributed by atoms with Crippen LogP contribution in [0.15, 0.2) is 18.2 Å². The Bertz CT molecular complexity index is 1060. The Balaban J connectivity index is 1.86. The Morgan fingerprint density at radius 1 is 0.512 bits per heavy atom. The van der Waals surface area contributed by atoms with Gasteiger partial charge in [-0.15, -0.1) is 0 Å². The van der Waals surface area contributed by atoms with Crippen LogP contribution in [0.2, 0.25) is 0 Å². The second-order valence-corrected chi connectivity index (χ2v) is 15.9. The number of hydrogen-bond donors (Lipinski definition) is 1. The summed E-state index contributed by atoms with van der Waals surface area (Å²) in [5.74, 6) is 0.477. The molecule has 1 N–H and O–H groups in total. The van der Waals surface area contributed by atoms with Crippen LogP contribution in [0.5, 0.6) is 5.75 Å². The van der Waals surface area contributed by atoms with Crippen LogP contribution < -0.4 is 0 Å². The van der Waals surface area contributed by atoms with Crippen molar-refractivity contribution < 1.29 is 5.11 Å². The molecule has 2 rings (SSSR count). The second kappa shape index (κ2) is 18.3. The van der Waals surface area contributed by atoms with E-state index in [2.05, 4.69) is 87.4 Å². The maximum Gasteiger partial charge on any atom is 0.123 e. The van der Waals surface area contributed by atoms with Gasteiger partial charge < -0.3 is 5.11 Å². The molecular formula is C42H70O. The maximum absolute atomic E-state index is 11.2. The highest BCUT2D eigenvalue weighted by atomic mass is 16.3. The van der Waals surface area contributed by atoms with Crippen LogP contribution in [0.3, 0.4) is 0 Å². The van der Waals surface area contributed by atoms with Crippen molar-refractivity contribution in [1.29, 1.82) is 0 Å². The predicted molar refractivity (Wildman–Crippen MR) is 192 cm³/mol. The molecule has 0 spiro atoms. The zero-order valence-electron chi connectivity index (χ0n) is 30.4. The van der Waals surface area contributed by atoms with E-state index in [1.54, 1.807) is 5.56 Å². The highest BCUT2D eigenvalue weighted by Gasteiger charge is 2.27. The number of aryl methyl sites for hydroxylation is 2. The van der Waals surface area contributed by atoms with E-state index in [4.69, 9.17) is 0 Å². The van der Waals surface area contributed by atoms with E-state index in [1.165, 1.54) is 137 Å². The van der Waals surface area contributed by atoms with E-state index >= 15 is 0 Å². The van der Waals surface area contributed by atoms with Crippen molar-refractivity contribution in [3.8, 4) is 5.75 Å². The van der Waals surface area contributed by atoms with Crippen LogP contribution in [0.1, 0.15) is 196 Å². The van der Waals surface area contributed by atoms with E-state index in [0.29, 0.717) is 5.75 Å². The van der Waals surface area contributed by atoms with Gasteiger partial charge in [0.15, 0.2) is 0 Å². The molecule has 244 valence electrons. The van der Waals surface area contributed by atoms with Crippen molar-refractivity contribution in [2.45, 2.75) is 196 Å². The molecule has 1 heteroatoms. The molecule has 0 heterocycles. The van der Waals surface area contributed by atoms with Crippen LogP contribution in [-0.4, -0.2) is 5.11 Å². The first-order chi connectivity index (χ1) is 20.3. The van der Waals surface area contributed by atoms with Gasteiger partial charge in [0.05, 0.1) is 0 Å². The van der Waals surface area contributed by atoms with Crippen molar-refractivity contribution in [3.05, 3.63) is 62.7 Å². The van der Waals surface area contributed by atoms with Gasteiger partial charge in [0.1, 0.15) is 5.75 Å². The fraction of sp³-hybridized carbons (Fsp3) is 0.714. The fourth-order valence-corrected chi connectivity index (χ4v) is 6.92. The monoisotopic (exact) mass is 591 g/mol. The van der Waals surface area contributed by atoms with Gasteiger partial charge in [-0.2, -0.15) is 0 Å². The fourth-order valence-electron chi connectivity index (χ4n) is 6.92. The summed E-state index contributed by atoms with van der Waals surface area (Å²) < 4.78 is 0. The lowest BCUT2D eigenvalue weighted by Gasteiger charge is -2.28. The standard InChI is InChI=1S/C42H70O/c1-11-12-13-14-15-16-17-18-19-20-21-22-23-24-25-26-27-36-32(2)28-33(3)37(34(36)4)29-35-30-38(41(5,6)7)40(43)39(31-35)42(8,9)10/h28,30-31,43H,11-27,29H2,1-10H3. The summed E-state index contributed by atoms with van der Waals surface area (Å²) in [5.41, 5.74) is 10.6. The summed E-state index contributed by atoms with van der Waals surface area (Å²) in [5, 5.41) is 11.2. The first kappa shape index (κ1) is 37.4. The van der Waals surface area contributed by atoms with Crippen LogP contribution >= 0.6 is 0 Å². The van der Waals surface area contributed by atoms with Crippen LogP contribution in [0.4, 0.5) is 0 Å². The first-order valence-corrected chi connectivity index (χ1v) is 18.2. The molecule has 0 aliphatic carbocycles. The third kappa shape index (κ3) is 12.6. The van der Waals surface area contributed by atoms with Crippen molar-refractivity contribution in [3.63, 3.8) is 0 Å². The van der Waals surface area contributed by atoms with Gasteiger partial charge in [0.25, 0.3) is 0 Å². The van der Waals surface area contributed by atoms with Crippen LogP contribution in [0, 0.1) is 20.8 Å². The number of hydrogen-bond acceptors (Lipinski definition) is 1. The maximum atomic E-state index is 11.2. The minimum absolute atomic E-state index is 0.101. The summed E-state index contributed by atoms with van der Waals surface area (Å²) in [6.07, 6.45) is 24.8. The largest absolute Gasteiger partial charge is 0.507 e. The molecule has 2 aromatic rings. The molecule has 1 nitrogen and oxygen atoms in total. The van der Waals surface area contributed by atoms with Crippen LogP contribution in [0.25, 0.3) is 0 Å². The zero-order valence-corrected chi connectivity index (χ0v) is 30.4. The second-order valence-electron chi connectivity index (χ2n) is 15.9. The molecular weight excluding hydrogens is 520 g/mol. The molecule has 0 amide bonds. The zero-order chi connectivity index (χ0) is 32.0. The van der Waals surface area contributed by atoms with Gasteiger partial charge in [-0.3, -0.25) is 0 Å². The summed E-state index contributed by atoms with van der Waals surface area (Å²) in [7, 11) is 0. The minimum Gasteiger partial charge on any atom is -0.507 e. The van der Waals surface area contributed by atoms with Gasteiger partial charge in [-0.25, -0.2) is 0 Å². The number of aromatic hydroxyl groups is 1. The summed E-state index contributed by atoms with van der Waals surface area (Å²) >= 11 is 0. The lowest BCUT2D eigenvalue weighted by atomic mass is 9.77. The highest BCUT2D eigenvalue weighted by molar-refractivity contribution is 5.53. The summed E-state index contributed by atoms with van der Waals surface area (Å²) in [4.78, 5) is 0. The Morgan fingerprint density at radius 3 is 1.28 bits per heavy atom. The predicted octanol–water partition coefficient (Wildman–Crippen LogP) is 13.3. The van der Waals surface area contributed by atoms with Gasteiger partial charge in [0, 0.05) is 0 Å². The SMILES string of the molecule is CCCCCCCCCCCCCCCCCCc1c(C)cc(C)c(Cc2cc(C(C)(C)C)c(O)c(C(C)(C)C)c2)c1C. The lowest BCUT2D eigenvalue weighted by Crippen LogP contribution is -2.18. The molecule has 0 saturated heterocycles. The number of phenols is 1. The lowest BCUT2D eigenvalue weighted by molar-refractivity contribution is 0.423. The summed E-state index contributed by atoms with van der Waals surface area (Å²) in [6, 6.07) is 6.94. The van der Waals surface area contributed by atoms with E-state index in [9.17, 15) is 5.11 Å². The van der Waals surface area contributed by atoms with Crippen molar-refractivity contribution in [2.24, 2.45) is 0 Å². The van der Waals surface area contributed by atoms with E-state index in [1.807, 2.05) is 0 Å². The molecule has 0 radical (unpaired) electrons. The minimum atomic E-state index is -0.101. The van der Waals surface area contributed by atoms with Gasteiger partial charge in [0.2, 0.25) is 0 Å². The molecule has 0 atom stereocenters. The smallest absolute Gasteiger partial charge is 0.123 e. The Labute approximate surface area is 268 Å². The quantitative estimate of drug-likeness (QED) is 0.161. The molecule has 0 bridgehead atoms. The molecule has 2 aromatic carbocycles. The third-order valence-corrected chi connectivity index (χ3v) is 9.74. The average Bonchev–Trinajstić information content (AvgIpc) is 2.91. The normalized spacial score (nSPS) is 12.3. The van der Waals surface area contributed by atoms with Gasteiger partial charge >= 0.3 is 0 Å². The topological polar surface area (TPSA) is 20.2 Å². The number of unbranched alkanes of at least 4 members (excludes halogenated alkanes) is 15. The van der Waals surface area contributed by atoms with E-state index < -0.39 is 0 Å². The molecule has 0 aliphatic rings.